The summed E-state index contributed by atoms with van der Waals surface area (Å²) in [5.74, 6) is 1.45. The number of carbonyl (C=O) groups is 1. The van der Waals surface area contributed by atoms with Gasteiger partial charge in [-0.15, -0.1) is 11.8 Å². The first-order valence-corrected chi connectivity index (χ1v) is 8.46. The Hall–Kier alpha value is -1.85. The number of hydrogen-bond acceptors (Lipinski definition) is 4. The number of halogens is 1. The molecule has 0 aromatic heterocycles. The van der Waals surface area contributed by atoms with Crippen molar-refractivity contribution in [2.45, 2.75) is 23.6 Å². The van der Waals surface area contributed by atoms with Crippen molar-refractivity contribution in [1.82, 2.24) is 5.32 Å². The van der Waals surface area contributed by atoms with Crippen molar-refractivity contribution in [3.63, 3.8) is 0 Å². The van der Waals surface area contributed by atoms with Gasteiger partial charge in [-0.1, -0.05) is 17.7 Å². The molecule has 0 saturated heterocycles. The lowest BCUT2D eigenvalue weighted by Crippen LogP contribution is -2.30. The Kier molecular flexibility index (Phi) is 4.98. The number of fused-ring (bicyclic) bond motifs is 1. The molecule has 4 nitrogen and oxygen atoms in total. The molecule has 1 atom stereocenters. The topological polar surface area (TPSA) is 47.6 Å². The van der Waals surface area contributed by atoms with Gasteiger partial charge in [-0.05, 0) is 48.9 Å². The first-order valence-electron chi connectivity index (χ1n) is 7.20. The summed E-state index contributed by atoms with van der Waals surface area (Å²) in [6.07, 6.45) is 0. The molecule has 2 aromatic carbocycles. The molecular formula is C17H16ClNO3S. The third kappa shape index (κ3) is 4.12. The highest BCUT2D eigenvalue weighted by Crippen LogP contribution is 2.32. The van der Waals surface area contributed by atoms with Crippen LogP contribution in [0, 0.1) is 0 Å². The van der Waals surface area contributed by atoms with Crippen molar-refractivity contribution >= 4 is 29.3 Å². The van der Waals surface area contributed by atoms with Crippen molar-refractivity contribution in [3.05, 3.63) is 53.1 Å². The predicted molar refractivity (Wildman–Crippen MR) is 91.2 cm³/mol. The van der Waals surface area contributed by atoms with Gasteiger partial charge in [-0.2, -0.15) is 0 Å². The predicted octanol–water partition coefficient (Wildman–Crippen LogP) is 3.87. The first kappa shape index (κ1) is 16.0. The minimum Gasteiger partial charge on any atom is -0.454 e. The summed E-state index contributed by atoms with van der Waals surface area (Å²) in [5, 5.41) is 3.44. The number of nitrogens with one attached hydrogen (secondary N) is 1. The van der Waals surface area contributed by atoms with E-state index < -0.39 is 0 Å². The van der Waals surface area contributed by atoms with Crippen molar-refractivity contribution in [1.29, 1.82) is 0 Å². The maximum atomic E-state index is 12.2. The van der Waals surface area contributed by atoms with Gasteiger partial charge in [-0.25, -0.2) is 0 Å². The van der Waals surface area contributed by atoms with Crippen LogP contribution in [0.3, 0.4) is 0 Å². The Bertz CT molecular complexity index is 705. The molecule has 0 aliphatic carbocycles. The first-order chi connectivity index (χ1) is 11.1. The molecular weight excluding hydrogens is 334 g/mol. The van der Waals surface area contributed by atoms with Gasteiger partial charge in [0.1, 0.15) is 0 Å². The molecule has 0 radical (unpaired) electrons. The zero-order valence-corrected chi connectivity index (χ0v) is 14.1. The monoisotopic (exact) mass is 349 g/mol. The van der Waals surface area contributed by atoms with Crippen LogP contribution in [0.2, 0.25) is 5.02 Å². The number of hydrogen-bond donors (Lipinski definition) is 1. The van der Waals surface area contributed by atoms with Crippen LogP contribution in [0.25, 0.3) is 0 Å². The molecule has 6 heteroatoms. The standard InChI is InChI=1S/C17H16ClNO3S/c1-11(23-14-5-3-13(18)4-6-14)17(20)19-9-12-2-7-15-16(8-12)22-10-21-15/h2-8,11H,9-10H2,1H3,(H,19,20)/t11-/m1/s1. The molecule has 0 saturated carbocycles. The lowest BCUT2D eigenvalue weighted by Gasteiger charge is -2.12. The molecule has 120 valence electrons. The van der Waals surface area contributed by atoms with Gasteiger partial charge >= 0.3 is 0 Å². The number of rotatable bonds is 5. The summed E-state index contributed by atoms with van der Waals surface area (Å²) in [5.41, 5.74) is 0.978. The van der Waals surface area contributed by atoms with Crippen LogP contribution in [0.4, 0.5) is 0 Å². The van der Waals surface area contributed by atoms with Gasteiger partial charge in [0.05, 0.1) is 5.25 Å². The summed E-state index contributed by atoms with van der Waals surface area (Å²) >= 11 is 7.36. The van der Waals surface area contributed by atoms with Crippen LogP contribution in [0.1, 0.15) is 12.5 Å². The maximum Gasteiger partial charge on any atom is 0.233 e. The number of benzene rings is 2. The van der Waals surface area contributed by atoms with E-state index >= 15 is 0 Å². The van der Waals surface area contributed by atoms with E-state index in [2.05, 4.69) is 5.32 Å². The SMILES string of the molecule is C[C@@H](Sc1ccc(Cl)cc1)C(=O)NCc1ccc2c(c1)OCO2. The molecule has 0 fully saturated rings. The quantitative estimate of drug-likeness (QED) is 0.832. The lowest BCUT2D eigenvalue weighted by atomic mass is 10.2. The lowest BCUT2D eigenvalue weighted by molar-refractivity contribution is -0.120. The third-order valence-electron chi connectivity index (χ3n) is 3.40. The van der Waals surface area contributed by atoms with Crippen LogP contribution >= 0.6 is 23.4 Å². The molecule has 0 spiro atoms. The molecule has 2 aromatic rings. The Labute approximate surface area is 144 Å². The Morgan fingerprint density at radius 3 is 2.74 bits per heavy atom. The zero-order chi connectivity index (χ0) is 16.2. The van der Waals surface area contributed by atoms with Crippen LogP contribution in [0.5, 0.6) is 11.5 Å². The van der Waals surface area contributed by atoms with Crippen molar-refractivity contribution in [2.75, 3.05) is 6.79 Å². The second-order valence-corrected chi connectivity index (χ2v) is 6.97. The van der Waals surface area contributed by atoms with Crippen LogP contribution in [0.15, 0.2) is 47.4 Å². The summed E-state index contributed by atoms with van der Waals surface area (Å²) in [6.45, 7) is 2.59. The highest BCUT2D eigenvalue weighted by molar-refractivity contribution is 8.00. The van der Waals surface area contributed by atoms with Crippen LogP contribution < -0.4 is 14.8 Å². The largest absolute Gasteiger partial charge is 0.454 e. The van der Waals surface area contributed by atoms with E-state index in [-0.39, 0.29) is 18.0 Å². The van der Waals surface area contributed by atoms with Gasteiger partial charge in [0, 0.05) is 16.5 Å². The van der Waals surface area contributed by atoms with E-state index in [0.717, 1.165) is 22.0 Å². The second-order valence-electron chi connectivity index (χ2n) is 5.12. The van der Waals surface area contributed by atoms with Crippen LogP contribution in [-0.4, -0.2) is 18.0 Å². The molecule has 1 aliphatic rings. The number of amides is 1. The average Bonchev–Trinajstić information content (AvgIpc) is 3.02. The van der Waals surface area contributed by atoms with E-state index in [1.54, 1.807) is 0 Å². The molecule has 3 rings (SSSR count). The number of carbonyl (C=O) groups excluding carboxylic acids is 1. The smallest absolute Gasteiger partial charge is 0.233 e. The van der Waals surface area contributed by atoms with Crippen molar-refractivity contribution < 1.29 is 14.3 Å². The Morgan fingerprint density at radius 2 is 1.96 bits per heavy atom. The summed E-state index contributed by atoms with van der Waals surface area (Å²) in [7, 11) is 0. The average molecular weight is 350 g/mol. The zero-order valence-electron chi connectivity index (χ0n) is 12.5. The summed E-state index contributed by atoms with van der Waals surface area (Å²) < 4.78 is 10.6. The van der Waals surface area contributed by atoms with Gasteiger partial charge in [0.15, 0.2) is 11.5 Å². The van der Waals surface area contributed by atoms with Crippen LogP contribution in [-0.2, 0) is 11.3 Å². The van der Waals surface area contributed by atoms with Crippen molar-refractivity contribution in [3.8, 4) is 11.5 Å². The van der Waals surface area contributed by atoms with Gasteiger partial charge in [0.2, 0.25) is 12.7 Å². The van der Waals surface area contributed by atoms with E-state index in [9.17, 15) is 4.79 Å². The fraction of sp³-hybridized carbons (Fsp3) is 0.235. The Balaban J connectivity index is 1.53. The third-order valence-corrected chi connectivity index (χ3v) is 4.76. The van der Waals surface area contributed by atoms with E-state index in [1.807, 2.05) is 49.4 Å². The number of thioether (sulfide) groups is 1. The highest BCUT2D eigenvalue weighted by Gasteiger charge is 2.16. The minimum atomic E-state index is -0.190. The van der Waals surface area contributed by atoms with E-state index in [0.29, 0.717) is 11.6 Å². The summed E-state index contributed by atoms with van der Waals surface area (Å²) in [6, 6.07) is 13.1. The van der Waals surface area contributed by atoms with Gasteiger partial charge in [-0.3, -0.25) is 4.79 Å². The van der Waals surface area contributed by atoms with E-state index in [1.165, 1.54) is 11.8 Å². The fourth-order valence-corrected chi connectivity index (χ4v) is 3.17. The molecule has 1 heterocycles. The number of ether oxygens (including phenoxy) is 2. The van der Waals surface area contributed by atoms with Gasteiger partial charge < -0.3 is 14.8 Å². The molecule has 23 heavy (non-hydrogen) atoms. The van der Waals surface area contributed by atoms with Crippen molar-refractivity contribution in [2.24, 2.45) is 0 Å². The van der Waals surface area contributed by atoms with Gasteiger partial charge in [0.25, 0.3) is 0 Å². The normalized spacial score (nSPS) is 13.7. The molecule has 0 bridgehead atoms. The maximum absolute atomic E-state index is 12.2. The second kappa shape index (κ2) is 7.15. The highest BCUT2D eigenvalue weighted by atomic mass is 35.5. The van der Waals surface area contributed by atoms with E-state index in [4.69, 9.17) is 21.1 Å². The fourth-order valence-electron chi connectivity index (χ4n) is 2.15. The minimum absolute atomic E-state index is 0.0115. The molecule has 1 amide bonds. The molecule has 0 unspecified atom stereocenters. The summed E-state index contributed by atoms with van der Waals surface area (Å²) in [4.78, 5) is 13.2. The molecule has 1 aliphatic heterocycles. The Morgan fingerprint density at radius 1 is 1.22 bits per heavy atom. The molecule has 1 N–H and O–H groups in total.